The second-order valence-corrected chi connectivity index (χ2v) is 8.84. The number of ether oxygens (including phenoxy) is 1. The number of rotatable bonds is 5. The van der Waals surface area contributed by atoms with Crippen LogP contribution in [0.1, 0.15) is 11.3 Å². The molecule has 0 aliphatic carbocycles. The minimum Gasteiger partial charge on any atom is -0.439 e. The van der Waals surface area contributed by atoms with Crippen molar-refractivity contribution in [1.82, 2.24) is 24.5 Å². The predicted molar refractivity (Wildman–Crippen MR) is 142 cm³/mol. The Bertz CT molecular complexity index is 1760. The zero-order valence-electron chi connectivity index (χ0n) is 20.6. The van der Waals surface area contributed by atoms with E-state index in [0.29, 0.717) is 35.3 Å². The summed E-state index contributed by atoms with van der Waals surface area (Å²) in [7, 11) is 1.81. The van der Waals surface area contributed by atoms with E-state index in [0.717, 1.165) is 33.8 Å². The van der Waals surface area contributed by atoms with E-state index in [4.69, 9.17) is 4.74 Å². The van der Waals surface area contributed by atoms with Crippen LogP contribution in [-0.2, 0) is 18.4 Å². The lowest BCUT2D eigenvalue weighted by molar-refractivity contribution is -0.111. The molecule has 1 aromatic carbocycles. The van der Waals surface area contributed by atoms with Crippen LogP contribution in [0.25, 0.3) is 33.5 Å². The van der Waals surface area contributed by atoms with Crippen molar-refractivity contribution >= 4 is 28.4 Å². The molecule has 2 N–H and O–H groups in total. The molecule has 5 heterocycles. The summed E-state index contributed by atoms with van der Waals surface area (Å²) in [6.07, 6.45) is 4.00. The number of carbonyl (C=O) groups excluding carboxylic acids is 1. The number of aromatic nitrogens is 5. The van der Waals surface area contributed by atoms with Crippen LogP contribution in [0.5, 0.6) is 11.6 Å². The molecule has 0 saturated carbocycles. The summed E-state index contributed by atoms with van der Waals surface area (Å²) < 4.78 is 23.3. The van der Waals surface area contributed by atoms with E-state index in [9.17, 15) is 4.79 Å². The minimum atomic E-state index is -0.590. The van der Waals surface area contributed by atoms with Gasteiger partial charge >= 0.3 is 0 Å². The van der Waals surface area contributed by atoms with E-state index in [-0.39, 0.29) is 11.4 Å². The zero-order chi connectivity index (χ0) is 26.4. The highest BCUT2D eigenvalue weighted by Gasteiger charge is 2.28. The first-order valence-electron chi connectivity index (χ1n) is 11.8. The first kappa shape index (κ1) is 23.3. The van der Waals surface area contributed by atoms with Gasteiger partial charge in [0.15, 0.2) is 5.82 Å². The molecule has 4 aromatic heterocycles. The minimum absolute atomic E-state index is 0.125. The number of nitrogens with one attached hydrogen (secondary N) is 2. The maximum Gasteiger partial charge on any atom is 0.247 e. The van der Waals surface area contributed by atoms with E-state index >= 15 is 4.39 Å². The lowest BCUT2D eigenvalue weighted by atomic mass is 9.97. The Balaban J connectivity index is 1.51. The fourth-order valence-corrected chi connectivity index (χ4v) is 4.70. The van der Waals surface area contributed by atoms with Crippen molar-refractivity contribution in [3.05, 3.63) is 84.7 Å². The normalized spacial score (nSPS) is 11.9. The van der Waals surface area contributed by atoms with Gasteiger partial charge in [0.25, 0.3) is 0 Å². The highest BCUT2D eigenvalue weighted by molar-refractivity contribution is 6.09. The molecule has 6 rings (SSSR count). The van der Waals surface area contributed by atoms with Crippen LogP contribution in [0.4, 0.5) is 15.9 Å². The molecule has 9 nitrogen and oxygen atoms in total. The van der Waals surface area contributed by atoms with E-state index < -0.39 is 11.7 Å². The molecule has 0 saturated heterocycles. The van der Waals surface area contributed by atoms with Crippen LogP contribution in [0, 0.1) is 12.7 Å². The molecule has 0 spiro atoms. The van der Waals surface area contributed by atoms with Crippen molar-refractivity contribution in [2.45, 2.75) is 13.5 Å². The van der Waals surface area contributed by atoms with Crippen LogP contribution in [0.3, 0.4) is 0 Å². The smallest absolute Gasteiger partial charge is 0.247 e. The number of halogens is 1. The number of fused-ring (bicyclic) bond motifs is 2. The zero-order valence-corrected chi connectivity index (χ0v) is 20.6. The van der Waals surface area contributed by atoms with Gasteiger partial charge in [0.05, 0.1) is 23.0 Å². The summed E-state index contributed by atoms with van der Waals surface area (Å²) >= 11 is 0. The van der Waals surface area contributed by atoms with E-state index in [2.05, 4.69) is 37.1 Å². The lowest BCUT2D eigenvalue weighted by Gasteiger charge is -2.14. The summed E-state index contributed by atoms with van der Waals surface area (Å²) in [5.74, 6) is 0.724. The van der Waals surface area contributed by atoms with Crippen molar-refractivity contribution in [3.63, 3.8) is 0 Å². The molecule has 0 bridgehead atoms. The molecule has 38 heavy (non-hydrogen) atoms. The van der Waals surface area contributed by atoms with Gasteiger partial charge in [-0.1, -0.05) is 18.7 Å². The molecule has 0 unspecified atom stereocenters. The Hall–Kier alpha value is -5.12. The SMILES string of the molecule is C=CC(=O)Nc1cnc(-c2c3c4c(ncnc4n2C)NCc2cc(Oc4cccc(C)n4)ccc2-3)c(F)c1. The first-order chi connectivity index (χ1) is 18.4. The fraction of sp³-hybridized carbons (Fsp3) is 0.107. The Morgan fingerprint density at radius 1 is 1.21 bits per heavy atom. The Morgan fingerprint density at radius 2 is 2.08 bits per heavy atom. The predicted octanol–water partition coefficient (Wildman–Crippen LogP) is 5.38. The lowest BCUT2D eigenvalue weighted by Crippen LogP contribution is -2.08. The molecule has 1 aliphatic rings. The van der Waals surface area contributed by atoms with Crippen molar-refractivity contribution in [3.8, 4) is 34.1 Å². The van der Waals surface area contributed by atoms with Gasteiger partial charge in [0.1, 0.15) is 29.2 Å². The van der Waals surface area contributed by atoms with Gasteiger partial charge in [0.2, 0.25) is 11.8 Å². The Morgan fingerprint density at radius 3 is 2.87 bits per heavy atom. The van der Waals surface area contributed by atoms with Crippen molar-refractivity contribution < 1.29 is 13.9 Å². The Kier molecular flexibility index (Phi) is 5.56. The third-order valence-corrected chi connectivity index (χ3v) is 6.36. The molecule has 10 heteroatoms. The number of anilines is 2. The van der Waals surface area contributed by atoms with Gasteiger partial charge in [-0.05, 0) is 42.3 Å². The Labute approximate surface area is 217 Å². The number of nitrogens with zero attached hydrogens (tertiary/aromatic N) is 5. The number of amides is 1. The van der Waals surface area contributed by atoms with Crippen LogP contribution in [0.2, 0.25) is 0 Å². The van der Waals surface area contributed by atoms with Crippen LogP contribution in [0.15, 0.2) is 67.6 Å². The first-order valence-corrected chi connectivity index (χ1v) is 11.8. The largest absolute Gasteiger partial charge is 0.439 e. The van der Waals surface area contributed by atoms with E-state index in [1.165, 1.54) is 18.6 Å². The average molecular weight is 508 g/mol. The van der Waals surface area contributed by atoms with Crippen molar-refractivity contribution in [2.24, 2.45) is 7.05 Å². The summed E-state index contributed by atoms with van der Waals surface area (Å²) in [5, 5.41) is 6.69. The number of pyridine rings is 2. The molecular weight excluding hydrogens is 485 g/mol. The molecule has 188 valence electrons. The average Bonchev–Trinajstić information content (AvgIpc) is 3.09. The fourth-order valence-electron chi connectivity index (χ4n) is 4.70. The molecule has 0 radical (unpaired) electrons. The monoisotopic (exact) mass is 507 g/mol. The number of carbonyl (C=O) groups is 1. The second kappa shape index (κ2) is 9.07. The summed E-state index contributed by atoms with van der Waals surface area (Å²) in [4.78, 5) is 29.4. The van der Waals surface area contributed by atoms with Crippen LogP contribution < -0.4 is 15.4 Å². The van der Waals surface area contributed by atoms with E-state index in [1.54, 1.807) is 10.6 Å². The summed E-state index contributed by atoms with van der Waals surface area (Å²) in [6.45, 7) is 5.80. The number of aryl methyl sites for hydroxylation is 2. The standard InChI is InChI=1S/C28H22FN7O2/c1-4-21(37)35-17-11-20(29)25(30-13-17)26-23-19-9-8-18(38-22-7-5-6-15(2)34-22)10-16(19)12-31-27-24(23)28(36(26)3)33-14-32-27/h4-11,13-14H,1,12H2,2-3H3,(H,35,37)(H,31,32,33). The van der Waals surface area contributed by atoms with Gasteiger partial charge in [-0.15, -0.1) is 0 Å². The van der Waals surface area contributed by atoms with Crippen LogP contribution >= 0.6 is 0 Å². The van der Waals surface area contributed by atoms with Gasteiger partial charge in [-0.25, -0.2) is 24.3 Å². The number of hydrogen-bond acceptors (Lipinski definition) is 7. The second-order valence-electron chi connectivity index (χ2n) is 8.84. The highest BCUT2D eigenvalue weighted by Crippen LogP contribution is 2.46. The van der Waals surface area contributed by atoms with Crippen molar-refractivity contribution in [1.29, 1.82) is 0 Å². The molecule has 1 aliphatic heterocycles. The third-order valence-electron chi connectivity index (χ3n) is 6.36. The van der Waals surface area contributed by atoms with Crippen molar-refractivity contribution in [2.75, 3.05) is 10.6 Å². The molecule has 1 amide bonds. The quantitative estimate of drug-likeness (QED) is 0.308. The van der Waals surface area contributed by atoms with Crippen LogP contribution in [-0.4, -0.2) is 30.4 Å². The van der Waals surface area contributed by atoms with Gasteiger partial charge in [-0.2, -0.15) is 0 Å². The van der Waals surface area contributed by atoms with Gasteiger partial charge < -0.3 is 19.9 Å². The summed E-state index contributed by atoms with van der Waals surface area (Å²) in [5.41, 5.74) is 4.95. The maximum absolute atomic E-state index is 15.5. The summed E-state index contributed by atoms with van der Waals surface area (Å²) in [6, 6.07) is 12.6. The van der Waals surface area contributed by atoms with Gasteiger partial charge in [0, 0.05) is 37.0 Å². The molecular formula is C28H22FN7O2. The maximum atomic E-state index is 15.5. The molecule has 5 aromatic rings. The molecule has 0 atom stereocenters. The molecule has 0 fully saturated rings. The number of benzene rings is 1. The highest BCUT2D eigenvalue weighted by atomic mass is 19.1. The van der Waals surface area contributed by atoms with E-state index in [1.807, 2.05) is 44.3 Å². The third kappa shape index (κ3) is 3.92. The van der Waals surface area contributed by atoms with Gasteiger partial charge in [-0.3, -0.25) is 4.79 Å². The number of hydrogen-bond donors (Lipinski definition) is 2. The topological polar surface area (TPSA) is 107 Å².